The van der Waals surface area contributed by atoms with E-state index < -0.39 is 11.6 Å². The summed E-state index contributed by atoms with van der Waals surface area (Å²) < 4.78 is 26.7. The third-order valence-electron chi connectivity index (χ3n) is 3.67. The zero-order chi connectivity index (χ0) is 16.2. The van der Waals surface area contributed by atoms with Gasteiger partial charge >= 0.3 is 0 Å². The van der Waals surface area contributed by atoms with E-state index in [1.807, 2.05) is 6.07 Å². The van der Waals surface area contributed by atoms with Gasteiger partial charge in [0, 0.05) is 30.9 Å². The highest BCUT2D eigenvalue weighted by Gasteiger charge is 2.30. The highest BCUT2D eigenvalue weighted by Crippen LogP contribution is 2.29. The molecule has 0 spiro atoms. The molecule has 1 aromatic carbocycles. The first-order chi connectivity index (χ1) is 11.1. The number of thioether (sulfide) groups is 1. The first-order valence-corrected chi connectivity index (χ1v) is 8.18. The Labute approximate surface area is 136 Å². The van der Waals surface area contributed by atoms with Gasteiger partial charge in [0.25, 0.3) is 0 Å². The van der Waals surface area contributed by atoms with Gasteiger partial charge in [0.05, 0.1) is 5.25 Å². The standard InChI is InChI=1S/C16H15F2N3OS/c17-12-6-5-11(13(18)9-12)10-21-8-2-3-14(16(21)22)23-15-4-1-7-19-20-15/h1,4-7,9,14H,2-3,8,10H2/t14-/m0/s1. The van der Waals surface area contributed by atoms with Gasteiger partial charge in [0.2, 0.25) is 5.91 Å². The molecule has 120 valence electrons. The Hall–Kier alpha value is -2.02. The van der Waals surface area contributed by atoms with E-state index in [-0.39, 0.29) is 17.7 Å². The Morgan fingerprint density at radius 3 is 2.91 bits per heavy atom. The lowest BCUT2D eigenvalue weighted by molar-refractivity contribution is -0.133. The summed E-state index contributed by atoms with van der Waals surface area (Å²) in [4.78, 5) is 14.2. The van der Waals surface area contributed by atoms with Gasteiger partial charge in [-0.15, -0.1) is 5.10 Å². The Morgan fingerprint density at radius 1 is 1.30 bits per heavy atom. The molecule has 0 saturated carbocycles. The van der Waals surface area contributed by atoms with Crippen molar-refractivity contribution in [3.63, 3.8) is 0 Å². The largest absolute Gasteiger partial charge is 0.337 e. The van der Waals surface area contributed by atoms with Crippen molar-refractivity contribution in [2.24, 2.45) is 0 Å². The number of amides is 1. The van der Waals surface area contributed by atoms with Gasteiger partial charge in [-0.3, -0.25) is 4.79 Å². The fourth-order valence-electron chi connectivity index (χ4n) is 2.52. The van der Waals surface area contributed by atoms with Crippen LogP contribution >= 0.6 is 11.8 Å². The fraction of sp³-hybridized carbons (Fsp3) is 0.312. The van der Waals surface area contributed by atoms with Crippen molar-refractivity contribution in [1.82, 2.24) is 15.1 Å². The summed E-state index contributed by atoms with van der Waals surface area (Å²) in [6.45, 7) is 0.732. The predicted molar refractivity (Wildman–Crippen MR) is 82.7 cm³/mol. The lowest BCUT2D eigenvalue weighted by Crippen LogP contribution is -2.42. The molecule has 1 fully saturated rings. The van der Waals surface area contributed by atoms with Crippen LogP contribution in [0, 0.1) is 11.6 Å². The van der Waals surface area contributed by atoms with Gasteiger partial charge in [0.15, 0.2) is 0 Å². The molecule has 0 unspecified atom stereocenters. The van der Waals surface area contributed by atoms with Crippen LogP contribution in [0.1, 0.15) is 18.4 Å². The van der Waals surface area contributed by atoms with Crippen molar-refractivity contribution >= 4 is 17.7 Å². The summed E-state index contributed by atoms with van der Waals surface area (Å²) in [5.41, 5.74) is 0.324. The molecule has 1 amide bonds. The second-order valence-electron chi connectivity index (χ2n) is 5.31. The van der Waals surface area contributed by atoms with E-state index in [0.717, 1.165) is 18.9 Å². The molecule has 1 aliphatic rings. The average molecular weight is 335 g/mol. The minimum Gasteiger partial charge on any atom is -0.337 e. The van der Waals surface area contributed by atoms with Crippen LogP contribution in [0.15, 0.2) is 41.6 Å². The Kier molecular flexibility index (Phi) is 4.85. The van der Waals surface area contributed by atoms with Crippen molar-refractivity contribution in [2.75, 3.05) is 6.54 Å². The SMILES string of the molecule is O=C1[C@@H](Sc2cccnn2)CCCN1Cc1ccc(F)cc1F. The van der Waals surface area contributed by atoms with Crippen molar-refractivity contribution in [2.45, 2.75) is 29.7 Å². The minimum atomic E-state index is -0.624. The summed E-state index contributed by atoms with van der Waals surface area (Å²) in [6.07, 6.45) is 3.17. The van der Waals surface area contributed by atoms with E-state index >= 15 is 0 Å². The van der Waals surface area contributed by atoms with E-state index in [0.29, 0.717) is 17.1 Å². The number of benzene rings is 1. The molecular weight excluding hydrogens is 320 g/mol. The second kappa shape index (κ2) is 7.04. The number of hydrogen-bond donors (Lipinski definition) is 0. The number of carbonyl (C=O) groups excluding carboxylic acids is 1. The van der Waals surface area contributed by atoms with Crippen LogP contribution in [0.3, 0.4) is 0 Å². The fourth-order valence-corrected chi connectivity index (χ4v) is 3.60. The summed E-state index contributed by atoms with van der Waals surface area (Å²) >= 11 is 1.38. The molecule has 0 bridgehead atoms. The maximum atomic E-state index is 13.8. The predicted octanol–water partition coefficient (Wildman–Crippen LogP) is 3.04. The van der Waals surface area contributed by atoms with Gasteiger partial charge < -0.3 is 4.90 Å². The lowest BCUT2D eigenvalue weighted by atomic mass is 10.1. The van der Waals surface area contributed by atoms with Crippen molar-refractivity contribution in [3.8, 4) is 0 Å². The zero-order valence-electron chi connectivity index (χ0n) is 12.3. The van der Waals surface area contributed by atoms with Crippen LogP contribution in [0.4, 0.5) is 8.78 Å². The molecule has 1 aliphatic heterocycles. The Morgan fingerprint density at radius 2 is 2.17 bits per heavy atom. The number of halogens is 2. The van der Waals surface area contributed by atoms with Gasteiger partial charge in [-0.05, 0) is 31.0 Å². The molecule has 2 heterocycles. The molecule has 23 heavy (non-hydrogen) atoms. The first-order valence-electron chi connectivity index (χ1n) is 7.30. The highest BCUT2D eigenvalue weighted by atomic mass is 32.2. The number of carbonyl (C=O) groups is 1. The van der Waals surface area contributed by atoms with Crippen LogP contribution in [0.25, 0.3) is 0 Å². The summed E-state index contributed by atoms with van der Waals surface area (Å²) in [6, 6.07) is 7.02. The number of piperidine rings is 1. The smallest absolute Gasteiger partial charge is 0.236 e. The maximum absolute atomic E-state index is 13.8. The zero-order valence-corrected chi connectivity index (χ0v) is 13.1. The van der Waals surface area contributed by atoms with Gasteiger partial charge in [-0.2, -0.15) is 5.10 Å². The van der Waals surface area contributed by atoms with Crippen LogP contribution in [-0.2, 0) is 11.3 Å². The molecular formula is C16H15F2N3OS. The van der Waals surface area contributed by atoms with Crippen molar-refractivity contribution in [3.05, 3.63) is 53.7 Å². The highest BCUT2D eigenvalue weighted by molar-refractivity contribution is 8.00. The number of rotatable bonds is 4. The van der Waals surface area contributed by atoms with Crippen LogP contribution in [0.5, 0.6) is 0 Å². The third kappa shape index (κ3) is 3.85. The van der Waals surface area contributed by atoms with E-state index in [9.17, 15) is 13.6 Å². The molecule has 2 aromatic rings. The maximum Gasteiger partial charge on any atom is 0.236 e. The normalized spacial score (nSPS) is 18.3. The molecule has 1 saturated heterocycles. The topological polar surface area (TPSA) is 46.1 Å². The summed E-state index contributed by atoms with van der Waals surface area (Å²) in [5, 5.41) is 8.23. The van der Waals surface area contributed by atoms with Crippen molar-refractivity contribution in [1.29, 1.82) is 0 Å². The molecule has 0 radical (unpaired) electrons. The molecule has 3 rings (SSSR count). The van der Waals surface area contributed by atoms with Crippen molar-refractivity contribution < 1.29 is 13.6 Å². The molecule has 7 heteroatoms. The molecule has 0 aliphatic carbocycles. The van der Waals surface area contributed by atoms with Crippen LogP contribution < -0.4 is 0 Å². The molecule has 0 N–H and O–H groups in total. The van der Waals surface area contributed by atoms with Crippen LogP contribution in [0.2, 0.25) is 0 Å². The number of nitrogens with zero attached hydrogens (tertiary/aromatic N) is 3. The van der Waals surface area contributed by atoms with Crippen LogP contribution in [-0.4, -0.2) is 32.8 Å². The van der Waals surface area contributed by atoms with Gasteiger partial charge in [0.1, 0.15) is 16.7 Å². The monoisotopic (exact) mass is 335 g/mol. The number of likely N-dealkylation sites (tertiary alicyclic amines) is 1. The van der Waals surface area contributed by atoms with E-state index in [2.05, 4.69) is 10.2 Å². The quantitative estimate of drug-likeness (QED) is 0.862. The Balaban J connectivity index is 1.69. The van der Waals surface area contributed by atoms with Gasteiger partial charge in [-0.25, -0.2) is 8.78 Å². The molecule has 1 aromatic heterocycles. The molecule has 1 atom stereocenters. The summed E-state index contributed by atoms with van der Waals surface area (Å²) in [7, 11) is 0. The lowest BCUT2D eigenvalue weighted by Gasteiger charge is -2.31. The van der Waals surface area contributed by atoms with E-state index in [1.165, 1.54) is 23.9 Å². The third-order valence-corrected chi connectivity index (χ3v) is 4.85. The number of aromatic nitrogens is 2. The summed E-state index contributed by atoms with van der Waals surface area (Å²) in [5.74, 6) is -1.29. The first kappa shape index (κ1) is 15.9. The van der Waals surface area contributed by atoms with E-state index in [1.54, 1.807) is 17.2 Å². The molecule has 4 nitrogen and oxygen atoms in total. The van der Waals surface area contributed by atoms with Gasteiger partial charge in [-0.1, -0.05) is 17.8 Å². The second-order valence-corrected chi connectivity index (χ2v) is 6.53. The number of hydrogen-bond acceptors (Lipinski definition) is 4. The average Bonchev–Trinajstić information content (AvgIpc) is 2.54. The minimum absolute atomic E-state index is 0.0457. The Bertz CT molecular complexity index is 699. The van der Waals surface area contributed by atoms with E-state index in [4.69, 9.17) is 0 Å².